The summed E-state index contributed by atoms with van der Waals surface area (Å²) in [7, 11) is 1.57. The van der Waals surface area contributed by atoms with E-state index in [9.17, 15) is 4.79 Å². The Morgan fingerprint density at radius 1 is 1.40 bits per heavy atom. The zero-order chi connectivity index (χ0) is 11.4. The Hall–Kier alpha value is -1.30. The summed E-state index contributed by atoms with van der Waals surface area (Å²) in [4.78, 5) is 12.0. The molecule has 0 bridgehead atoms. The molecule has 1 saturated carbocycles. The molecule has 15 heavy (non-hydrogen) atoms. The van der Waals surface area contributed by atoms with Crippen LogP contribution in [0.25, 0.3) is 0 Å². The minimum Gasteiger partial charge on any atom is -0.465 e. The first-order valence-corrected chi connectivity index (χ1v) is 5.00. The highest BCUT2D eigenvalue weighted by Gasteiger charge is 2.28. The van der Waals surface area contributed by atoms with Crippen molar-refractivity contribution in [1.82, 2.24) is 10.4 Å². The maximum Gasteiger partial charge on any atom is 0.407 e. The third-order valence-corrected chi connectivity index (χ3v) is 3.07. The molecule has 0 atom stereocenters. The van der Waals surface area contributed by atoms with Gasteiger partial charge < -0.3 is 10.0 Å². The topological polar surface area (TPSA) is 96.7 Å². The second-order valence-electron chi connectivity index (χ2n) is 3.92. The maximum absolute atomic E-state index is 10.7. The van der Waals surface area contributed by atoms with Gasteiger partial charge in [-0.25, -0.2) is 4.79 Å². The van der Waals surface area contributed by atoms with Gasteiger partial charge in [0.25, 0.3) is 0 Å². The number of carbonyl (C=O) groups is 1. The lowest BCUT2D eigenvalue weighted by molar-refractivity contribution is 0.122. The number of hydrogen-bond donors (Lipinski definition) is 4. The summed E-state index contributed by atoms with van der Waals surface area (Å²) in [5.41, 5.74) is 1.85. The Morgan fingerprint density at radius 3 is 2.33 bits per heavy atom. The standard InChI is InChI=1S/C9H17N3O3/c1-12(9(13)14)7-4-2-6(3-5-7)8(10)11-15/h6-7,15H,2-5H2,1H3,(H2,10,11)(H,13,14)/t6-,7-. The van der Waals surface area contributed by atoms with Crippen LogP contribution in [0.3, 0.4) is 0 Å². The lowest BCUT2D eigenvalue weighted by atomic mass is 9.85. The molecule has 0 aromatic rings. The number of hydrogen-bond acceptors (Lipinski definition) is 3. The van der Waals surface area contributed by atoms with E-state index in [0.717, 1.165) is 25.7 Å². The number of rotatable bonds is 2. The third kappa shape index (κ3) is 2.82. The van der Waals surface area contributed by atoms with Crippen molar-refractivity contribution >= 4 is 11.9 Å². The summed E-state index contributed by atoms with van der Waals surface area (Å²) in [6, 6.07) is 0.0465. The first kappa shape index (κ1) is 11.8. The summed E-state index contributed by atoms with van der Waals surface area (Å²) >= 11 is 0. The summed E-state index contributed by atoms with van der Waals surface area (Å²) in [5, 5.41) is 24.8. The van der Waals surface area contributed by atoms with Gasteiger partial charge >= 0.3 is 6.09 Å². The first-order chi connectivity index (χ1) is 7.06. The molecule has 0 aromatic carbocycles. The van der Waals surface area contributed by atoms with E-state index in [2.05, 4.69) is 0 Å². The average molecular weight is 215 g/mol. The van der Waals surface area contributed by atoms with Gasteiger partial charge in [0.1, 0.15) is 5.84 Å². The highest BCUT2D eigenvalue weighted by atomic mass is 16.5. The molecular formula is C9H17N3O3. The molecule has 86 valence electrons. The van der Waals surface area contributed by atoms with Crippen molar-refractivity contribution in [2.45, 2.75) is 31.7 Å². The Bertz CT molecular complexity index is 249. The number of nitrogens with zero attached hydrogens (tertiary/aromatic N) is 1. The largest absolute Gasteiger partial charge is 0.465 e. The van der Waals surface area contributed by atoms with E-state index in [0.29, 0.717) is 0 Å². The smallest absolute Gasteiger partial charge is 0.407 e. The Kier molecular flexibility index (Phi) is 3.90. The van der Waals surface area contributed by atoms with Crippen molar-refractivity contribution in [3.05, 3.63) is 0 Å². The SMILES string of the molecule is CN(C(=O)O)[C@H]1CC[C@H](C(=N)NO)CC1. The molecule has 1 rings (SSSR count). The molecule has 0 aliphatic heterocycles. The van der Waals surface area contributed by atoms with Crippen LogP contribution in [0.4, 0.5) is 4.79 Å². The summed E-state index contributed by atoms with van der Waals surface area (Å²) in [5.74, 6) is 0.167. The lowest BCUT2D eigenvalue weighted by Crippen LogP contribution is -2.40. The molecule has 1 aliphatic rings. The van der Waals surface area contributed by atoms with E-state index < -0.39 is 6.09 Å². The van der Waals surface area contributed by atoms with Gasteiger partial charge in [-0.1, -0.05) is 0 Å². The molecule has 0 aromatic heterocycles. The van der Waals surface area contributed by atoms with E-state index in [-0.39, 0.29) is 17.8 Å². The fraction of sp³-hybridized carbons (Fsp3) is 0.778. The van der Waals surface area contributed by atoms with Gasteiger partial charge in [-0.3, -0.25) is 16.1 Å². The van der Waals surface area contributed by atoms with Crippen LogP contribution in [0.15, 0.2) is 0 Å². The molecule has 0 spiro atoms. The van der Waals surface area contributed by atoms with Gasteiger partial charge in [0, 0.05) is 19.0 Å². The van der Waals surface area contributed by atoms with Crippen LogP contribution in [0.5, 0.6) is 0 Å². The number of amides is 1. The molecule has 6 nitrogen and oxygen atoms in total. The van der Waals surface area contributed by atoms with Crippen LogP contribution in [-0.4, -0.2) is 40.2 Å². The predicted octanol–water partition coefficient (Wildman–Crippen LogP) is 1.11. The van der Waals surface area contributed by atoms with Crippen LogP contribution in [0.2, 0.25) is 0 Å². The lowest BCUT2D eigenvalue weighted by Gasteiger charge is -2.32. The second-order valence-corrected chi connectivity index (χ2v) is 3.92. The van der Waals surface area contributed by atoms with E-state index in [1.165, 1.54) is 4.90 Å². The van der Waals surface area contributed by atoms with Crippen LogP contribution >= 0.6 is 0 Å². The number of carboxylic acid groups (broad SMARTS) is 1. The van der Waals surface area contributed by atoms with Crippen molar-refractivity contribution in [2.75, 3.05) is 7.05 Å². The van der Waals surface area contributed by atoms with Gasteiger partial charge in [0.2, 0.25) is 0 Å². The third-order valence-electron chi connectivity index (χ3n) is 3.07. The summed E-state index contributed by atoms with van der Waals surface area (Å²) < 4.78 is 0. The number of nitrogens with one attached hydrogen (secondary N) is 2. The van der Waals surface area contributed by atoms with E-state index in [4.69, 9.17) is 15.7 Å². The first-order valence-electron chi connectivity index (χ1n) is 5.00. The number of hydroxylamine groups is 1. The monoisotopic (exact) mass is 215 g/mol. The van der Waals surface area contributed by atoms with Gasteiger partial charge in [0.05, 0.1) is 0 Å². The zero-order valence-electron chi connectivity index (χ0n) is 8.73. The molecule has 1 aliphatic carbocycles. The molecule has 0 saturated heterocycles. The summed E-state index contributed by atoms with van der Waals surface area (Å²) in [6.07, 6.45) is 2.08. The zero-order valence-corrected chi connectivity index (χ0v) is 8.73. The normalized spacial score (nSPS) is 25.7. The quantitative estimate of drug-likeness (QED) is 0.315. The van der Waals surface area contributed by atoms with Crippen LogP contribution in [0.1, 0.15) is 25.7 Å². The van der Waals surface area contributed by atoms with Crippen LogP contribution in [0, 0.1) is 11.3 Å². The van der Waals surface area contributed by atoms with Crippen molar-refractivity contribution < 1.29 is 15.1 Å². The second kappa shape index (κ2) is 4.97. The van der Waals surface area contributed by atoms with Crippen molar-refractivity contribution in [3.8, 4) is 0 Å². The fourth-order valence-corrected chi connectivity index (χ4v) is 2.00. The molecule has 0 unspecified atom stereocenters. The van der Waals surface area contributed by atoms with E-state index in [1.54, 1.807) is 7.05 Å². The fourth-order valence-electron chi connectivity index (χ4n) is 2.00. The summed E-state index contributed by atoms with van der Waals surface area (Å²) in [6.45, 7) is 0. The van der Waals surface area contributed by atoms with Gasteiger partial charge in [-0.05, 0) is 25.7 Å². The van der Waals surface area contributed by atoms with Crippen LogP contribution < -0.4 is 5.48 Å². The van der Waals surface area contributed by atoms with E-state index in [1.807, 2.05) is 5.48 Å². The van der Waals surface area contributed by atoms with Crippen molar-refractivity contribution in [1.29, 1.82) is 5.41 Å². The maximum atomic E-state index is 10.7. The molecule has 1 amide bonds. The predicted molar refractivity (Wildman–Crippen MR) is 54.2 cm³/mol. The van der Waals surface area contributed by atoms with Crippen molar-refractivity contribution in [3.63, 3.8) is 0 Å². The van der Waals surface area contributed by atoms with Gasteiger partial charge in [0.15, 0.2) is 0 Å². The molecule has 4 N–H and O–H groups in total. The number of amidine groups is 1. The average Bonchev–Trinajstić information content (AvgIpc) is 2.27. The molecular weight excluding hydrogens is 198 g/mol. The molecule has 0 radical (unpaired) electrons. The van der Waals surface area contributed by atoms with Gasteiger partial charge in [-0.15, -0.1) is 0 Å². The van der Waals surface area contributed by atoms with Crippen LogP contribution in [-0.2, 0) is 0 Å². The van der Waals surface area contributed by atoms with Crippen molar-refractivity contribution in [2.24, 2.45) is 5.92 Å². The Balaban J connectivity index is 2.42. The minimum absolute atomic E-state index is 0.0356. The minimum atomic E-state index is -0.909. The highest BCUT2D eigenvalue weighted by molar-refractivity contribution is 5.80. The van der Waals surface area contributed by atoms with E-state index >= 15 is 0 Å². The van der Waals surface area contributed by atoms with Gasteiger partial charge in [-0.2, -0.15) is 0 Å². The Morgan fingerprint density at radius 2 is 1.93 bits per heavy atom. The highest BCUT2D eigenvalue weighted by Crippen LogP contribution is 2.27. The molecule has 1 fully saturated rings. The molecule has 0 heterocycles. The Labute approximate surface area is 88.4 Å². The molecule has 6 heteroatoms.